The number of fused-ring (bicyclic) bond motifs is 1. The molecule has 2 N–H and O–H groups in total. The van der Waals surface area contributed by atoms with Crippen molar-refractivity contribution in [3.8, 4) is 16.9 Å². The van der Waals surface area contributed by atoms with Crippen LogP contribution < -0.4 is 9.64 Å². The molecule has 0 bridgehead atoms. The molecule has 4 rings (SSSR count). The van der Waals surface area contributed by atoms with Crippen LogP contribution in [0.15, 0.2) is 42.9 Å². The van der Waals surface area contributed by atoms with Crippen molar-refractivity contribution in [3.63, 3.8) is 0 Å². The van der Waals surface area contributed by atoms with E-state index in [9.17, 15) is 9.18 Å². The highest BCUT2D eigenvalue weighted by atomic mass is 19.1. The molecule has 2 amide bonds. The lowest BCUT2D eigenvalue weighted by Gasteiger charge is -2.37. The lowest BCUT2D eigenvalue weighted by molar-refractivity contribution is 0.154. The molecule has 1 aliphatic heterocycles. The smallest absolute Gasteiger partial charge is 0.320 e. The maximum atomic E-state index is 12.7. The summed E-state index contributed by atoms with van der Waals surface area (Å²) in [6.45, 7) is 7.55. The molecule has 4 heterocycles. The van der Waals surface area contributed by atoms with Gasteiger partial charge in [0.15, 0.2) is 0 Å². The van der Waals surface area contributed by atoms with Gasteiger partial charge in [0.1, 0.15) is 30.5 Å². The van der Waals surface area contributed by atoms with Gasteiger partial charge in [0, 0.05) is 56.4 Å². The highest BCUT2D eigenvalue weighted by molar-refractivity contribution is 5.78. The number of nitrogens with zero attached hydrogens (tertiary/aromatic N) is 6. The van der Waals surface area contributed by atoms with Gasteiger partial charge in [-0.25, -0.2) is 14.2 Å². The van der Waals surface area contributed by atoms with E-state index < -0.39 is 6.67 Å². The van der Waals surface area contributed by atoms with Gasteiger partial charge in [-0.1, -0.05) is 0 Å². The first-order valence-electron chi connectivity index (χ1n) is 11.8. The van der Waals surface area contributed by atoms with Crippen LogP contribution >= 0.6 is 0 Å². The molecule has 35 heavy (non-hydrogen) atoms. The maximum Gasteiger partial charge on any atom is 0.320 e. The van der Waals surface area contributed by atoms with Crippen LogP contribution in [0.4, 0.5) is 15.0 Å². The fourth-order valence-electron chi connectivity index (χ4n) is 4.02. The number of pyridine rings is 1. The largest absolute Gasteiger partial charge is 0.489 e. The average Bonchev–Trinajstić information content (AvgIpc) is 3.36. The summed E-state index contributed by atoms with van der Waals surface area (Å²) in [6.07, 6.45) is 5.00. The summed E-state index contributed by atoms with van der Waals surface area (Å²) in [5.41, 5.74) is 2.33. The van der Waals surface area contributed by atoms with Crippen LogP contribution in [0, 0.1) is 0 Å². The number of hydrogen-bond donors (Lipinski definition) is 2. The molecule has 0 spiro atoms. The maximum absolute atomic E-state index is 12.7. The molecule has 3 aromatic rings. The number of anilines is 1. The Kier molecular flexibility index (Phi) is 7.96. The predicted octanol–water partition coefficient (Wildman–Crippen LogP) is 3.40. The summed E-state index contributed by atoms with van der Waals surface area (Å²) in [4.78, 5) is 23.2. The molecule has 1 fully saturated rings. The minimum absolute atomic E-state index is 0.0576. The Morgan fingerprint density at radius 1 is 1.03 bits per heavy atom. The number of urea groups is 1. The molecular formula is C24H31FN8O2. The second-order valence-electron chi connectivity index (χ2n) is 8.09. The summed E-state index contributed by atoms with van der Waals surface area (Å²) in [6, 6.07) is 7.81. The number of carbonyl (C=O) groups is 1. The number of aromatic amines is 2. The van der Waals surface area contributed by atoms with E-state index in [1.165, 1.54) is 6.20 Å². The van der Waals surface area contributed by atoms with Crippen molar-refractivity contribution >= 4 is 22.9 Å². The van der Waals surface area contributed by atoms with Crippen molar-refractivity contribution in [1.29, 1.82) is 0 Å². The Bertz CT molecular complexity index is 1170. The van der Waals surface area contributed by atoms with E-state index in [0.717, 1.165) is 35.4 Å². The zero-order valence-corrected chi connectivity index (χ0v) is 20.1. The molecule has 3 aromatic heterocycles. The van der Waals surface area contributed by atoms with Crippen LogP contribution in [-0.2, 0) is 0 Å². The van der Waals surface area contributed by atoms with Crippen LogP contribution in [0.2, 0.25) is 0 Å². The van der Waals surface area contributed by atoms with E-state index in [1.807, 2.05) is 41.8 Å². The molecule has 0 saturated carbocycles. The lowest BCUT2D eigenvalue weighted by Crippen LogP contribution is -2.53. The molecule has 1 saturated heterocycles. The normalized spacial score (nSPS) is 13.6. The van der Waals surface area contributed by atoms with Crippen LogP contribution in [-0.4, -0.2) is 93.8 Å². The molecule has 10 nitrogen and oxygen atoms in total. The van der Waals surface area contributed by atoms with Gasteiger partial charge in [-0.05, 0) is 43.7 Å². The number of hydrogen-bond acceptors (Lipinski definition) is 6. The van der Waals surface area contributed by atoms with Gasteiger partial charge in [0.05, 0.1) is 12.4 Å². The molecule has 0 aromatic carbocycles. The second kappa shape index (κ2) is 11.5. The van der Waals surface area contributed by atoms with Crippen molar-refractivity contribution in [2.75, 3.05) is 57.4 Å². The van der Waals surface area contributed by atoms with Gasteiger partial charge in [-0.3, -0.25) is 10.2 Å². The third kappa shape index (κ3) is 5.79. The minimum atomic E-state index is -0.593. The topological polar surface area (TPSA) is 106 Å². The number of carbonyl (C=O) groups excluding carboxylic acids is 1. The Hall–Kier alpha value is -3.89. The fraction of sp³-hybridized carbons (Fsp3) is 0.417. The summed E-state index contributed by atoms with van der Waals surface area (Å²) in [7, 11) is 0. The van der Waals surface area contributed by atoms with Gasteiger partial charge in [-0.15, -0.1) is 0 Å². The Morgan fingerprint density at radius 2 is 1.77 bits per heavy atom. The molecule has 11 heteroatoms. The zero-order chi connectivity index (χ0) is 24.6. The van der Waals surface area contributed by atoms with Crippen molar-refractivity contribution in [2.24, 2.45) is 0 Å². The lowest BCUT2D eigenvalue weighted by atomic mass is 10.1. The second-order valence-corrected chi connectivity index (χ2v) is 8.09. The van der Waals surface area contributed by atoms with Crippen molar-refractivity contribution in [2.45, 2.75) is 13.8 Å². The molecule has 0 unspecified atom stereocenters. The van der Waals surface area contributed by atoms with E-state index in [4.69, 9.17) is 9.72 Å². The standard InChI is InChI=1S/C24H31FN8O2/c1-3-31(4-2)24(34)33-10-8-32(9-11-33)22-6-5-18(15-26-22)19-13-20-16-27-29-23(20)30-28-17-21(14-19)35-12-7-25/h5-6,13-17H,3-4,7-12H2,1-2H3,(H2,27,29,30). The summed E-state index contributed by atoms with van der Waals surface area (Å²) in [5, 5.41) is 14.8. The van der Waals surface area contributed by atoms with Gasteiger partial charge in [0.25, 0.3) is 0 Å². The first-order chi connectivity index (χ1) is 17.1. The highest BCUT2D eigenvalue weighted by Crippen LogP contribution is 2.25. The molecule has 1 aliphatic rings. The Labute approximate surface area is 203 Å². The predicted molar refractivity (Wildman–Crippen MR) is 133 cm³/mol. The highest BCUT2D eigenvalue weighted by Gasteiger charge is 2.24. The minimum Gasteiger partial charge on any atom is -0.489 e. The van der Waals surface area contributed by atoms with E-state index in [2.05, 4.69) is 25.3 Å². The SMILES string of the molecule is CCN(CC)C(=O)N1CCN(c2ccc(-c3cc(OCCF)cn[nH]c4[nH]ncc4c3)cn2)CC1. The van der Waals surface area contributed by atoms with Crippen molar-refractivity contribution in [1.82, 2.24) is 35.2 Å². The third-order valence-electron chi connectivity index (χ3n) is 5.98. The quantitative estimate of drug-likeness (QED) is 0.535. The van der Waals surface area contributed by atoms with E-state index >= 15 is 0 Å². The van der Waals surface area contributed by atoms with Crippen LogP contribution in [0.3, 0.4) is 0 Å². The van der Waals surface area contributed by atoms with Crippen molar-refractivity contribution < 1.29 is 13.9 Å². The van der Waals surface area contributed by atoms with Crippen LogP contribution in [0.5, 0.6) is 5.75 Å². The van der Waals surface area contributed by atoms with Gasteiger partial charge < -0.3 is 19.4 Å². The first-order valence-corrected chi connectivity index (χ1v) is 11.8. The van der Waals surface area contributed by atoms with E-state index in [0.29, 0.717) is 37.6 Å². The number of ether oxygens (including phenoxy) is 1. The van der Waals surface area contributed by atoms with Gasteiger partial charge in [-0.2, -0.15) is 10.2 Å². The zero-order valence-electron chi connectivity index (χ0n) is 20.1. The van der Waals surface area contributed by atoms with E-state index in [-0.39, 0.29) is 12.6 Å². The van der Waals surface area contributed by atoms with E-state index in [1.54, 1.807) is 18.5 Å². The molecule has 0 atom stereocenters. The number of H-pyrrole nitrogens is 2. The fourth-order valence-corrected chi connectivity index (χ4v) is 4.02. The molecule has 0 aliphatic carbocycles. The summed E-state index contributed by atoms with van der Waals surface area (Å²) >= 11 is 0. The molecule has 0 radical (unpaired) electrons. The number of rotatable bonds is 7. The number of alkyl halides is 1. The van der Waals surface area contributed by atoms with Crippen molar-refractivity contribution in [3.05, 3.63) is 42.9 Å². The number of nitrogens with one attached hydrogen (secondary N) is 2. The Morgan fingerprint density at radius 3 is 2.43 bits per heavy atom. The van der Waals surface area contributed by atoms with Crippen LogP contribution in [0.25, 0.3) is 22.2 Å². The number of halogens is 1. The number of amides is 2. The Balaban J connectivity index is 1.54. The number of piperazine rings is 1. The monoisotopic (exact) mass is 482 g/mol. The van der Waals surface area contributed by atoms with Gasteiger partial charge >= 0.3 is 6.03 Å². The summed E-state index contributed by atoms with van der Waals surface area (Å²) in [5.74, 6) is 1.29. The number of aromatic nitrogens is 5. The summed E-state index contributed by atoms with van der Waals surface area (Å²) < 4.78 is 18.2. The average molecular weight is 483 g/mol. The molecular weight excluding hydrogens is 451 g/mol. The van der Waals surface area contributed by atoms with Gasteiger partial charge in [0.2, 0.25) is 0 Å². The van der Waals surface area contributed by atoms with Crippen LogP contribution in [0.1, 0.15) is 13.8 Å². The molecule has 186 valence electrons. The third-order valence-corrected chi connectivity index (χ3v) is 5.98. The first kappa shape index (κ1) is 24.2.